The first-order valence-corrected chi connectivity index (χ1v) is 10.6. The number of carbonyl (C=O) groups excluding carboxylic acids is 1. The number of hydrogen-bond acceptors (Lipinski definition) is 5. The number of anilines is 1. The molecule has 0 saturated heterocycles. The number of carbonyl (C=O) groups is 1. The topological polar surface area (TPSA) is 93.3 Å². The second kappa shape index (κ2) is 9.23. The molecule has 0 saturated carbocycles. The number of para-hydroxylation sites is 2. The summed E-state index contributed by atoms with van der Waals surface area (Å²) in [7, 11) is 1.50. The average molecular weight is 494 g/mol. The van der Waals surface area contributed by atoms with E-state index in [1.807, 2.05) is 37.3 Å². The number of hydrogen-bond donors (Lipinski definition) is 2. The van der Waals surface area contributed by atoms with E-state index in [0.29, 0.717) is 38.3 Å². The van der Waals surface area contributed by atoms with E-state index in [0.717, 1.165) is 11.3 Å². The van der Waals surface area contributed by atoms with Gasteiger partial charge >= 0.3 is 0 Å². The van der Waals surface area contributed by atoms with Crippen LogP contribution in [0.25, 0.3) is 22.3 Å². The number of ether oxygens (including phenoxy) is 2. The van der Waals surface area contributed by atoms with E-state index < -0.39 is 0 Å². The van der Waals surface area contributed by atoms with Gasteiger partial charge in [0, 0.05) is 15.7 Å². The lowest BCUT2D eigenvalue weighted by atomic mass is 10.1. The Balaban J connectivity index is 1.58. The van der Waals surface area contributed by atoms with Crippen molar-refractivity contribution in [1.29, 1.82) is 0 Å². The van der Waals surface area contributed by atoms with E-state index in [-0.39, 0.29) is 18.1 Å². The summed E-state index contributed by atoms with van der Waals surface area (Å²) >= 11 is 3.51. The Morgan fingerprint density at radius 1 is 1.09 bits per heavy atom. The summed E-state index contributed by atoms with van der Waals surface area (Å²) in [6.45, 7) is 1.72. The molecule has 0 aliphatic rings. The zero-order valence-corrected chi connectivity index (χ0v) is 19.0. The van der Waals surface area contributed by atoms with E-state index in [2.05, 4.69) is 31.2 Å². The molecule has 0 radical (unpaired) electrons. The van der Waals surface area contributed by atoms with Crippen LogP contribution in [0, 0.1) is 6.92 Å². The first-order chi connectivity index (χ1) is 15.5. The van der Waals surface area contributed by atoms with E-state index in [1.54, 1.807) is 30.3 Å². The van der Waals surface area contributed by atoms with Crippen molar-refractivity contribution in [1.82, 2.24) is 9.97 Å². The normalized spacial score (nSPS) is 10.7. The van der Waals surface area contributed by atoms with Gasteiger partial charge in [-0.2, -0.15) is 0 Å². The zero-order valence-electron chi connectivity index (χ0n) is 17.4. The van der Waals surface area contributed by atoms with Crippen LogP contribution in [-0.2, 0) is 4.79 Å². The number of nitrogens with zero attached hydrogens (tertiary/aromatic N) is 1. The Bertz CT molecular complexity index is 1370. The molecule has 1 aromatic heterocycles. The molecular weight excluding hydrogens is 474 g/mol. The molecule has 0 spiro atoms. The summed E-state index contributed by atoms with van der Waals surface area (Å²) in [5.74, 6) is 0.888. The second-order valence-electron chi connectivity index (χ2n) is 7.07. The lowest BCUT2D eigenvalue weighted by Crippen LogP contribution is -2.20. The smallest absolute Gasteiger partial charge is 0.262 e. The lowest BCUT2D eigenvalue weighted by molar-refractivity contribution is -0.118. The quantitative estimate of drug-likeness (QED) is 0.406. The van der Waals surface area contributed by atoms with E-state index >= 15 is 0 Å². The number of aromatic amines is 1. The van der Waals surface area contributed by atoms with Gasteiger partial charge in [-0.15, -0.1) is 0 Å². The van der Waals surface area contributed by atoms with Crippen LogP contribution in [-0.4, -0.2) is 29.6 Å². The minimum Gasteiger partial charge on any atom is -0.493 e. The molecule has 0 atom stereocenters. The van der Waals surface area contributed by atoms with Gasteiger partial charge in [-0.1, -0.05) is 30.3 Å². The number of methoxy groups -OCH3 is 1. The van der Waals surface area contributed by atoms with Crippen molar-refractivity contribution in [2.24, 2.45) is 0 Å². The molecule has 0 bridgehead atoms. The van der Waals surface area contributed by atoms with Crippen LogP contribution in [0.2, 0.25) is 0 Å². The van der Waals surface area contributed by atoms with Crippen molar-refractivity contribution in [3.63, 3.8) is 0 Å². The number of aryl methyl sites for hydroxylation is 1. The highest BCUT2D eigenvalue weighted by Crippen LogP contribution is 2.37. The van der Waals surface area contributed by atoms with Crippen molar-refractivity contribution < 1.29 is 14.3 Å². The average Bonchev–Trinajstić information content (AvgIpc) is 2.79. The van der Waals surface area contributed by atoms with Crippen molar-refractivity contribution in [2.45, 2.75) is 6.92 Å². The third-order valence-corrected chi connectivity index (χ3v) is 5.56. The minimum atomic E-state index is -0.290. The molecule has 162 valence electrons. The van der Waals surface area contributed by atoms with Crippen LogP contribution in [0.5, 0.6) is 11.5 Å². The number of fused-ring (bicyclic) bond motifs is 1. The first kappa shape index (κ1) is 21.6. The van der Waals surface area contributed by atoms with Gasteiger partial charge in [-0.25, -0.2) is 4.98 Å². The number of halogens is 1. The Morgan fingerprint density at radius 2 is 1.84 bits per heavy atom. The summed E-state index contributed by atoms with van der Waals surface area (Å²) in [6.07, 6.45) is 0. The molecule has 0 unspecified atom stereocenters. The van der Waals surface area contributed by atoms with Crippen LogP contribution >= 0.6 is 15.9 Å². The van der Waals surface area contributed by atoms with Gasteiger partial charge in [0.1, 0.15) is 5.82 Å². The van der Waals surface area contributed by atoms with Crippen LogP contribution in [0.3, 0.4) is 0 Å². The maximum absolute atomic E-state index is 12.4. The fraction of sp³-hybridized carbons (Fsp3) is 0.125. The molecule has 8 heteroatoms. The maximum atomic E-state index is 12.4. The minimum absolute atomic E-state index is 0.193. The number of nitrogens with one attached hydrogen (secondary N) is 2. The van der Waals surface area contributed by atoms with E-state index in [9.17, 15) is 9.59 Å². The summed E-state index contributed by atoms with van der Waals surface area (Å²) in [4.78, 5) is 32.1. The van der Waals surface area contributed by atoms with Gasteiger partial charge in [-0.3, -0.25) is 9.59 Å². The highest BCUT2D eigenvalue weighted by Gasteiger charge is 2.16. The SMILES string of the molecule is COc1cc(-c2nc3ccccc3c(=O)[nH]2)c(Br)cc1OCC(=O)Nc1ccccc1C. The summed E-state index contributed by atoms with van der Waals surface area (Å²) in [5.41, 5.74) is 2.68. The molecule has 32 heavy (non-hydrogen) atoms. The van der Waals surface area contributed by atoms with Gasteiger partial charge < -0.3 is 19.8 Å². The largest absolute Gasteiger partial charge is 0.493 e. The Kier molecular flexibility index (Phi) is 6.23. The summed E-state index contributed by atoms with van der Waals surface area (Å²) in [5, 5.41) is 3.34. The molecule has 1 amide bonds. The monoisotopic (exact) mass is 493 g/mol. The van der Waals surface area contributed by atoms with Crippen LogP contribution in [0.4, 0.5) is 5.69 Å². The lowest BCUT2D eigenvalue weighted by Gasteiger charge is -2.14. The third-order valence-electron chi connectivity index (χ3n) is 4.90. The van der Waals surface area contributed by atoms with Gasteiger partial charge in [0.05, 0.1) is 18.0 Å². The summed E-state index contributed by atoms with van der Waals surface area (Å²) in [6, 6.07) is 18.0. The number of amides is 1. The number of rotatable bonds is 6. The first-order valence-electron chi connectivity index (χ1n) is 9.81. The van der Waals surface area contributed by atoms with Crippen molar-refractivity contribution >= 4 is 38.4 Å². The van der Waals surface area contributed by atoms with Crippen LogP contribution in [0.1, 0.15) is 5.56 Å². The van der Waals surface area contributed by atoms with Crippen molar-refractivity contribution in [3.8, 4) is 22.9 Å². The predicted molar refractivity (Wildman–Crippen MR) is 127 cm³/mol. The molecule has 0 aliphatic heterocycles. The van der Waals surface area contributed by atoms with Crippen molar-refractivity contribution in [2.75, 3.05) is 19.0 Å². The van der Waals surface area contributed by atoms with Crippen LogP contribution in [0.15, 0.2) is 69.9 Å². The molecule has 7 nitrogen and oxygen atoms in total. The number of H-pyrrole nitrogens is 1. The molecule has 0 aliphatic carbocycles. The highest BCUT2D eigenvalue weighted by molar-refractivity contribution is 9.10. The Hall–Kier alpha value is -3.65. The molecule has 0 fully saturated rings. The van der Waals surface area contributed by atoms with Gasteiger partial charge in [0.15, 0.2) is 18.1 Å². The van der Waals surface area contributed by atoms with Gasteiger partial charge in [0.2, 0.25) is 0 Å². The predicted octanol–water partition coefficient (Wildman–Crippen LogP) is 4.69. The second-order valence-corrected chi connectivity index (χ2v) is 7.92. The molecule has 4 rings (SSSR count). The van der Waals surface area contributed by atoms with E-state index in [4.69, 9.17) is 9.47 Å². The third kappa shape index (κ3) is 4.50. The number of aromatic nitrogens is 2. The zero-order chi connectivity index (χ0) is 22.7. The molecule has 1 heterocycles. The van der Waals surface area contributed by atoms with Gasteiger partial charge in [0.25, 0.3) is 11.5 Å². The molecule has 4 aromatic rings. The maximum Gasteiger partial charge on any atom is 0.262 e. The number of benzene rings is 3. The van der Waals surface area contributed by atoms with Crippen LogP contribution < -0.4 is 20.3 Å². The summed E-state index contributed by atoms with van der Waals surface area (Å²) < 4.78 is 11.8. The Labute approximate surface area is 192 Å². The fourth-order valence-corrected chi connectivity index (χ4v) is 3.76. The standard InChI is InChI=1S/C24H20BrN3O4/c1-14-7-3-5-9-18(14)26-22(29)13-32-21-12-17(25)16(11-20(21)31-2)23-27-19-10-6-4-8-15(19)24(30)28-23/h3-12H,13H2,1-2H3,(H,26,29)(H,27,28,30). The van der Waals surface area contributed by atoms with Gasteiger partial charge in [-0.05, 0) is 58.7 Å². The van der Waals surface area contributed by atoms with E-state index in [1.165, 1.54) is 7.11 Å². The molecular formula is C24H20BrN3O4. The fourth-order valence-electron chi connectivity index (χ4n) is 3.25. The Morgan fingerprint density at radius 3 is 2.62 bits per heavy atom. The van der Waals surface area contributed by atoms with Crippen molar-refractivity contribution in [3.05, 3.63) is 81.1 Å². The highest BCUT2D eigenvalue weighted by atomic mass is 79.9. The molecule has 2 N–H and O–H groups in total. The molecule has 3 aromatic carbocycles.